The zero-order valence-corrected chi connectivity index (χ0v) is 8.92. The van der Waals surface area contributed by atoms with Gasteiger partial charge in [0.25, 0.3) is 5.91 Å². The van der Waals surface area contributed by atoms with Crippen LogP contribution in [-0.2, 0) is 13.5 Å². The topological polar surface area (TPSA) is 74.0 Å². The van der Waals surface area contributed by atoms with E-state index < -0.39 is 5.91 Å². The van der Waals surface area contributed by atoms with Crippen LogP contribution in [0.25, 0.3) is 0 Å². The smallest absolute Gasteiger partial charge is 0.267 e. The molecule has 14 heavy (non-hydrogen) atoms. The molecule has 1 amide bonds. The zero-order valence-electron chi connectivity index (χ0n) is 8.92. The molecule has 0 atom stereocenters. The summed E-state index contributed by atoms with van der Waals surface area (Å²) in [6.07, 6.45) is 1.89. The number of hydrogen-bond donors (Lipinski definition) is 2. The molecule has 0 unspecified atom stereocenters. The highest BCUT2D eigenvalue weighted by molar-refractivity contribution is 5.97. The third-order valence-corrected chi connectivity index (χ3v) is 2.59. The molecule has 4 nitrogen and oxygen atoms in total. The minimum atomic E-state index is -0.463. The maximum Gasteiger partial charge on any atom is 0.267 e. The molecular weight excluding hydrogens is 178 g/mol. The number of nitrogens with zero attached hydrogens (tertiary/aromatic N) is 1. The minimum absolute atomic E-state index is 0.422. The molecule has 0 saturated carbocycles. The summed E-state index contributed by atoms with van der Waals surface area (Å²) >= 11 is 0. The van der Waals surface area contributed by atoms with Crippen molar-refractivity contribution in [3.8, 4) is 0 Å². The Hall–Kier alpha value is -1.45. The highest BCUT2D eigenvalue weighted by atomic mass is 16.1. The van der Waals surface area contributed by atoms with Crippen LogP contribution in [0, 0.1) is 6.92 Å². The van der Waals surface area contributed by atoms with Crippen molar-refractivity contribution < 1.29 is 4.79 Å². The first-order valence-electron chi connectivity index (χ1n) is 4.74. The van der Waals surface area contributed by atoms with E-state index >= 15 is 0 Å². The summed E-state index contributed by atoms with van der Waals surface area (Å²) in [6, 6.07) is 0. The Kier molecular flexibility index (Phi) is 2.84. The number of aromatic nitrogens is 1. The van der Waals surface area contributed by atoms with Crippen LogP contribution in [0.15, 0.2) is 0 Å². The monoisotopic (exact) mass is 195 g/mol. The van der Waals surface area contributed by atoms with Crippen LogP contribution in [0.4, 0.5) is 5.69 Å². The maximum absolute atomic E-state index is 11.1. The van der Waals surface area contributed by atoms with E-state index in [1.807, 2.05) is 14.0 Å². The minimum Gasteiger partial charge on any atom is -0.397 e. The third kappa shape index (κ3) is 1.47. The zero-order chi connectivity index (χ0) is 10.9. The summed E-state index contributed by atoms with van der Waals surface area (Å²) in [6.45, 7) is 4.03. The summed E-state index contributed by atoms with van der Waals surface area (Å²) in [4.78, 5) is 11.1. The van der Waals surface area contributed by atoms with Gasteiger partial charge in [0.2, 0.25) is 0 Å². The van der Waals surface area contributed by atoms with E-state index in [9.17, 15) is 4.79 Å². The number of carbonyl (C=O) groups excluding carboxylic acids is 1. The van der Waals surface area contributed by atoms with E-state index in [0.29, 0.717) is 11.4 Å². The average Bonchev–Trinajstić information content (AvgIpc) is 2.30. The van der Waals surface area contributed by atoms with Crippen LogP contribution in [0.1, 0.15) is 35.1 Å². The number of primary amides is 1. The van der Waals surface area contributed by atoms with E-state index in [2.05, 4.69) is 6.92 Å². The fourth-order valence-corrected chi connectivity index (χ4v) is 1.75. The van der Waals surface area contributed by atoms with Gasteiger partial charge in [0.15, 0.2) is 0 Å². The molecule has 1 aromatic heterocycles. The lowest BCUT2D eigenvalue weighted by Gasteiger charge is -2.00. The molecule has 1 heterocycles. The van der Waals surface area contributed by atoms with E-state index in [-0.39, 0.29) is 0 Å². The fraction of sp³-hybridized carbons (Fsp3) is 0.500. The van der Waals surface area contributed by atoms with E-state index in [0.717, 1.165) is 24.1 Å². The quantitative estimate of drug-likeness (QED) is 0.754. The van der Waals surface area contributed by atoms with Crippen molar-refractivity contribution in [2.24, 2.45) is 12.8 Å². The second kappa shape index (κ2) is 3.74. The molecule has 78 valence electrons. The number of amides is 1. The molecular formula is C10H17N3O. The van der Waals surface area contributed by atoms with Gasteiger partial charge in [0, 0.05) is 12.7 Å². The first kappa shape index (κ1) is 10.6. The van der Waals surface area contributed by atoms with Gasteiger partial charge in [0.1, 0.15) is 5.69 Å². The Balaban J connectivity index is 3.33. The molecule has 0 aromatic carbocycles. The molecule has 1 rings (SSSR count). The van der Waals surface area contributed by atoms with Crippen LogP contribution in [0.2, 0.25) is 0 Å². The Morgan fingerprint density at radius 3 is 2.43 bits per heavy atom. The summed E-state index contributed by atoms with van der Waals surface area (Å²) in [5.41, 5.74) is 14.2. The molecule has 0 bridgehead atoms. The Bertz CT molecular complexity index is 366. The van der Waals surface area contributed by atoms with Crippen LogP contribution in [-0.4, -0.2) is 10.5 Å². The molecule has 4 heteroatoms. The van der Waals surface area contributed by atoms with Crippen LogP contribution in [0.5, 0.6) is 0 Å². The van der Waals surface area contributed by atoms with Crippen molar-refractivity contribution in [1.29, 1.82) is 0 Å². The van der Waals surface area contributed by atoms with E-state index in [1.54, 1.807) is 4.57 Å². The van der Waals surface area contributed by atoms with Gasteiger partial charge in [-0.05, 0) is 18.9 Å². The number of nitrogens with two attached hydrogens (primary N) is 2. The van der Waals surface area contributed by atoms with Crippen LogP contribution >= 0.6 is 0 Å². The van der Waals surface area contributed by atoms with Gasteiger partial charge >= 0.3 is 0 Å². The summed E-state index contributed by atoms with van der Waals surface area (Å²) < 4.78 is 1.77. The van der Waals surface area contributed by atoms with E-state index in [4.69, 9.17) is 11.5 Å². The number of nitrogen functional groups attached to an aromatic ring is 1. The Labute approximate surface area is 83.9 Å². The third-order valence-electron chi connectivity index (χ3n) is 2.59. The molecule has 0 fully saturated rings. The van der Waals surface area contributed by atoms with Crippen molar-refractivity contribution in [2.45, 2.75) is 26.7 Å². The summed E-state index contributed by atoms with van der Waals surface area (Å²) in [7, 11) is 1.81. The first-order chi connectivity index (χ1) is 6.50. The second-order valence-electron chi connectivity index (χ2n) is 3.50. The first-order valence-corrected chi connectivity index (χ1v) is 4.74. The predicted molar refractivity (Wildman–Crippen MR) is 57.1 cm³/mol. The van der Waals surface area contributed by atoms with Crippen molar-refractivity contribution in [2.75, 3.05) is 5.73 Å². The lowest BCUT2D eigenvalue weighted by atomic mass is 10.1. The number of carbonyl (C=O) groups is 1. The molecule has 1 aromatic rings. The van der Waals surface area contributed by atoms with Crippen molar-refractivity contribution in [3.63, 3.8) is 0 Å². The summed E-state index contributed by atoms with van der Waals surface area (Å²) in [5, 5.41) is 0. The standard InChI is InChI=1S/C10H17N3O/c1-4-5-7-6(2)13(3)9(8(7)11)10(12)14/h4-5,11H2,1-3H3,(H2,12,14). The lowest BCUT2D eigenvalue weighted by Crippen LogP contribution is -2.17. The van der Waals surface area contributed by atoms with Crippen LogP contribution < -0.4 is 11.5 Å². The number of hydrogen-bond acceptors (Lipinski definition) is 2. The fourth-order valence-electron chi connectivity index (χ4n) is 1.75. The molecule has 0 spiro atoms. The average molecular weight is 195 g/mol. The number of rotatable bonds is 3. The highest BCUT2D eigenvalue weighted by Crippen LogP contribution is 2.25. The van der Waals surface area contributed by atoms with Gasteiger partial charge in [-0.25, -0.2) is 0 Å². The maximum atomic E-state index is 11.1. The highest BCUT2D eigenvalue weighted by Gasteiger charge is 2.18. The normalized spacial score (nSPS) is 10.5. The molecule has 0 aliphatic heterocycles. The van der Waals surface area contributed by atoms with Crippen molar-refractivity contribution in [3.05, 3.63) is 17.0 Å². The van der Waals surface area contributed by atoms with E-state index in [1.165, 1.54) is 0 Å². The molecule has 4 N–H and O–H groups in total. The largest absolute Gasteiger partial charge is 0.397 e. The van der Waals surface area contributed by atoms with Gasteiger partial charge < -0.3 is 16.0 Å². The Morgan fingerprint density at radius 1 is 1.50 bits per heavy atom. The van der Waals surface area contributed by atoms with Crippen LogP contribution in [0.3, 0.4) is 0 Å². The number of anilines is 1. The molecule has 0 aliphatic rings. The van der Waals surface area contributed by atoms with Gasteiger partial charge in [-0.3, -0.25) is 4.79 Å². The van der Waals surface area contributed by atoms with Gasteiger partial charge in [-0.1, -0.05) is 13.3 Å². The Morgan fingerprint density at radius 2 is 2.07 bits per heavy atom. The van der Waals surface area contributed by atoms with Crippen molar-refractivity contribution in [1.82, 2.24) is 4.57 Å². The van der Waals surface area contributed by atoms with Gasteiger partial charge in [0.05, 0.1) is 5.69 Å². The van der Waals surface area contributed by atoms with Crippen molar-refractivity contribution >= 4 is 11.6 Å². The van der Waals surface area contributed by atoms with Gasteiger partial charge in [-0.2, -0.15) is 0 Å². The molecule has 0 saturated heterocycles. The summed E-state index contributed by atoms with van der Waals surface area (Å²) in [5.74, 6) is -0.463. The second-order valence-corrected chi connectivity index (χ2v) is 3.50. The predicted octanol–water partition coefficient (Wildman–Crippen LogP) is 0.967. The SMILES string of the molecule is CCCc1c(N)c(C(N)=O)n(C)c1C. The lowest BCUT2D eigenvalue weighted by molar-refractivity contribution is 0.0993. The molecule has 0 radical (unpaired) electrons. The van der Waals surface area contributed by atoms with Gasteiger partial charge in [-0.15, -0.1) is 0 Å². The molecule has 0 aliphatic carbocycles.